The van der Waals surface area contributed by atoms with E-state index in [1.165, 1.54) is 30.0 Å². The van der Waals surface area contributed by atoms with Crippen molar-refractivity contribution in [1.82, 2.24) is 4.98 Å². The monoisotopic (exact) mass is 293 g/mol. The van der Waals surface area contributed by atoms with Gasteiger partial charge in [0.25, 0.3) is 5.22 Å². The molecule has 20 heavy (non-hydrogen) atoms. The van der Waals surface area contributed by atoms with Crippen LogP contribution in [-0.4, -0.2) is 16.1 Å². The molecule has 1 heterocycles. The van der Waals surface area contributed by atoms with E-state index >= 15 is 0 Å². The summed E-state index contributed by atoms with van der Waals surface area (Å²) in [5.41, 5.74) is 2.13. The fourth-order valence-corrected chi connectivity index (χ4v) is 2.42. The van der Waals surface area contributed by atoms with Gasteiger partial charge in [-0.2, -0.15) is 0 Å². The van der Waals surface area contributed by atoms with E-state index in [2.05, 4.69) is 4.98 Å². The molecule has 0 spiro atoms. The van der Waals surface area contributed by atoms with Gasteiger partial charge in [-0.1, -0.05) is 17.8 Å². The second-order valence-corrected chi connectivity index (χ2v) is 4.98. The first-order valence-corrected chi connectivity index (χ1v) is 6.77. The molecule has 4 nitrogen and oxygen atoms in total. The highest BCUT2D eigenvalue weighted by Gasteiger charge is 2.06. The highest BCUT2D eigenvalue weighted by Crippen LogP contribution is 2.25. The molecule has 1 aromatic heterocycles. The molecular formula is C14H12FNO3S. The molecule has 1 N–H and O–H groups in total. The number of carboxylic acids is 1. The molecule has 6 heteroatoms. The van der Waals surface area contributed by atoms with Crippen molar-refractivity contribution in [1.29, 1.82) is 0 Å². The third-order valence-electron chi connectivity index (χ3n) is 2.46. The van der Waals surface area contributed by atoms with Crippen LogP contribution in [0.5, 0.6) is 0 Å². The summed E-state index contributed by atoms with van der Waals surface area (Å²) < 4.78 is 18.4. The van der Waals surface area contributed by atoms with Crippen molar-refractivity contribution in [3.63, 3.8) is 0 Å². The molecule has 0 saturated heterocycles. The molecule has 0 fully saturated rings. The molecule has 0 aliphatic heterocycles. The number of carboxylic acid groups (broad SMARTS) is 1. The van der Waals surface area contributed by atoms with Crippen molar-refractivity contribution >= 4 is 23.8 Å². The number of rotatable bonds is 5. The molecule has 0 unspecified atom stereocenters. The molecular weight excluding hydrogens is 281 g/mol. The summed E-state index contributed by atoms with van der Waals surface area (Å²) in [6.45, 7) is 1.83. The maximum atomic E-state index is 13.2. The molecule has 0 bridgehead atoms. The Morgan fingerprint density at radius 1 is 1.55 bits per heavy atom. The Morgan fingerprint density at radius 2 is 2.35 bits per heavy atom. The van der Waals surface area contributed by atoms with Gasteiger partial charge in [0.1, 0.15) is 12.1 Å². The van der Waals surface area contributed by atoms with Gasteiger partial charge in [0.2, 0.25) is 0 Å². The predicted molar refractivity (Wildman–Crippen MR) is 73.9 cm³/mol. The van der Waals surface area contributed by atoms with Crippen LogP contribution in [0.25, 0.3) is 6.08 Å². The number of oxazole rings is 1. The lowest BCUT2D eigenvalue weighted by Crippen LogP contribution is -1.91. The predicted octanol–water partition coefficient (Wildman–Crippen LogP) is 3.51. The Hall–Kier alpha value is -2.08. The molecule has 2 rings (SSSR count). The third-order valence-corrected chi connectivity index (χ3v) is 3.35. The van der Waals surface area contributed by atoms with Crippen molar-refractivity contribution in [3.05, 3.63) is 53.2 Å². The summed E-state index contributed by atoms with van der Waals surface area (Å²) in [6.07, 6.45) is 3.92. The van der Waals surface area contributed by atoms with E-state index in [-0.39, 0.29) is 0 Å². The molecule has 0 aliphatic rings. The number of halogens is 1. The van der Waals surface area contributed by atoms with E-state index in [1.54, 1.807) is 12.3 Å². The lowest BCUT2D eigenvalue weighted by atomic mass is 10.1. The van der Waals surface area contributed by atoms with Gasteiger partial charge in [0, 0.05) is 11.8 Å². The Balaban J connectivity index is 2.15. The van der Waals surface area contributed by atoms with E-state index < -0.39 is 11.8 Å². The number of nitrogens with zero attached hydrogens (tertiary/aromatic N) is 1. The summed E-state index contributed by atoms with van der Waals surface area (Å²) in [5.74, 6) is -0.966. The lowest BCUT2D eigenvalue weighted by Gasteiger charge is -2.04. The van der Waals surface area contributed by atoms with Gasteiger partial charge in [-0.3, -0.25) is 0 Å². The first-order valence-electron chi connectivity index (χ1n) is 5.79. The standard InChI is InChI=1S/C14H12FNO3S/c1-9-7-19-14(16-9)20-8-11-2-4-12(15)6-10(11)3-5-13(17)18/h2-7H,8H2,1H3,(H,17,18)/b5-3+. The average Bonchev–Trinajstić information content (AvgIpc) is 2.81. The van der Waals surface area contributed by atoms with Crippen molar-refractivity contribution in [2.45, 2.75) is 17.9 Å². The zero-order valence-corrected chi connectivity index (χ0v) is 11.5. The second kappa shape index (κ2) is 6.38. The number of hydrogen-bond acceptors (Lipinski definition) is 4. The van der Waals surface area contributed by atoms with Gasteiger partial charge in [-0.25, -0.2) is 14.2 Å². The molecule has 2 aromatic rings. The van der Waals surface area contributed by atoms with Crippen LogP contribution in [-0.2, 0) is 10.5 Å². The largest absolute Gasteiger partial charge is 0.478 e. The first kappa shape index (κ1) is 14.3. The quantitative estimate of drug-likeness (QED) is 0.675. The summed E-state index contributed by atoms with van der Waals surface area (Å²) >= 11 is 1.37. The normalized spacial score (nSPS) is 11.1. The number of carbonyl (C=O) groups is 1. The van der Waals surface area contributed by atoms with Crippen LogP contribution in [0.2, 0.25) is 0 Å². The molecule has 0 amide bonds. The Kier molecular flexibility index (Phi) is 4.57. The van der Waals surface area contributed by atoms with Crippen LogP contribution < -0.4 is 0 Å². The smallest absolute Gasteiger partial charge is 0.328 e. The van der Waals surface area contributed by atoms with Crippen molar-refractivity contribution in [3.8, 4) is 0 Å². The van der Waals surface area contributed by atoms with Crippen LogP contribution in [0.3, 0.4) is 0 Å². The summed E-state index contributed by atoms with van der Waals surface area (Å²) in [7, 11) is 0. The highest BCUT2D eigenvalue weighted by molar-refractivity contribution is 7.98. The average molecular weight is 293 g/mol. The van der Waals surface area contributed by atoms with Crippen LogP contribution in [0.1, 0.15) is 16.8 Å². The van der Waals surface area contributed by atoms with E-state index in [4.69, 9.17) is 9.52 Å². The molecule has 0 aliphatic carbocycles. The van der Waals surface area contributed by atoms with E-state index in [0.717, 1.165) is 17.3 Å². The van der Waals surface area contributed by atoms with Crippen LogP contribution in [0.4, 0.5) is 4.39 Å². The number of aliphatic carboxylic acids is 1. The number of aromatic nitrogens is 1. The van der Waals surface area contributed by atoms with Gasteiger partial charge >= 0.3 is 5.97 Å². The number of benzene rings is 1. The molecule has 0 saturated carbocycles. The molecule has 0 radical (unpaired) electrons. The highest BCUT2D eigenvalue weighted by atomic mass is 32.2. The van der Waals surface area contributed by atoms with Crippen LogP contribution in [0.15, 0.2) is 40.2 Å². The Morgan fingerprint density at radius 3 is 3.00 bits per heavy atom. The molecule has 1 aromatic carbocycles. The van der Waals surface area contributed by atoms with Gasteiger partial charge in [-0.05, 0) is 36.3 Å². The van der Waals surface area contributed by atoms with E-state index in [1.807, 2.05) is 6.92 Å². The minimum Gasteiger partial charge on any atom is -0.478 e. The lowest BCUT2D eigenvalue weighted by molar-refractivity contribution is -0.131. The topological polar surface area (TPSA) is 63.3 Å². The fraction of sp³-hybridized carbons (Fsp3) is 0.143. The maximum Gasteiger partial charge on any atom is 0.328 e. The summed E-state index contributed by atoms with van der Waals surface area (Å²) in [4.78, 5) is 14.7. The summed E-state index contributed by atoms with van der Waals surface area (Å²) in [5, 5.41) is 9.16. The maximum absolute atomic E-state index is 13.2. The number of hydrogen-bond donors (Lipinski definition) is 1. The van der Waals surface area contributed by atoms with E-state index in [9.17, 15) is 9.18 Å². The van der Waals surface area contributed by atoms with E-state index in [0.29, 0.717) is 16.5 Å². The SMILES string of the molecule is Cc1coc(SCc2ccc(F)cc2/C=C/C(=O)O)n1. The van der Waals surface area contributed by atoms with Gasteiger partial charge in [0.15, 0.2) is 0 Å². The second-order valence-electron chi connectivity index (χ2n) is 4.06. The van der Waals surface area contributed by atoms with Crippen molar-refractivity contribution < 1.29 is 18.7 Å². The minimum absolute atomic E-state index is 0.407. The zero-order valence-electron chi connectivity index (χ0n) is 10.7. The van der Waals surface area contributed by atoms with Crippen molar-refractivity contribution in [2.75, 3.05) is 0 Å². The van der Waals surface area contributed by atoms with Gasteiger partial charge in [-0.15, -0.1) is 0 Å². The third kappa shape index (κ3) is 3.96. The minimum atomic E-state index is -1.07. The van der Waals surface area contributed by atoms with Gasteiger partial charge in [0.05, 0.1) is 5.69 Å². The van der Waals surface area contributed by atoms with Crippen molar-refractivity contribution in [2.24, 2.45) is 0 Å². The summed E-state index contributed by atoms with van der Waals surface area (Å²) in [6, 6.07) is 4.27. The number of thioether (sulfide) groups is 1. The number of aryl methyl sites for hydroxylation is 1. The van der Waals surface area contributed by atoms with Crippen LogP contribution >= 0.6 is 11.8 Å². The first-order chi connectivity index (χ1) is 9.54. The Bertz CT molecular complexity index is 652. The molecule has 104 valence electrons. The van der Waals surface area contributed by atoms with Gasteiger partial charge < -0.3 is 9.52 Å². The zero-order chi connectivity index (χ0) is 14.5. The fourth-order valence-electron chi connectivity index (χ4n) is 1.55. The Labute approximate surface area is 119 Å². The van der Waals surface area contributed by atoms with Crippen LogP contribution in [0, 0.1) is 12.7 Å². The molecule has 0 atom stereocenters.